The first kappa shape index (κ1) is 22.3. The Kier molecular flexibility index (Phi) is 6.03. The van der Waals surface area contributed by atoms with Crippen molar-refractivity contribution in [3.05, 3.63) is 94.5 Å². The van der Waals surface area contributed by atoms with Gasteiger partial charge in [0.2, 0.25) is 5.91 Å². The SMILES string of the molecule is C=C(N)c1cccc(N2C[C@@H](c3ccc(Cl)c(Oc4cc(F)cc(F)c4C#N)c3)CC2=O)c1. The lowest BCUT2D eigenvalue weighted by Crippen LogP contribution is -2.24. The maximum Gasteiger partial charge on any atom is 0.227 e. The molecule has 0 unspecified atom stereocenters. The molecule has 1 aliphatic rings. The number of nitriles is 1. The summed E-state index contributed by atoms with van der Waals surface area (Å²) in [7, 11) is 0. The van der Waals surface area contributed by atoms with E-state index in [0.717, 1.165) is 17.2 Å². The summed E-state index contributed by atoms with van der Waals surface area (Å²) < 4.78 is 33.2. The monoisotopic (exact) mass is 465 g/mol. The molecule has 166 valence electrons. The molecule has 0 saturated carbocycles. The molecule has 1 heterocycles. The Balaban J connectivity index is 1.61. The number of nitrogens with two attached hydrogens (primary N) is 1. The number of ether oxygens (including phenoxy) is 1. The number of nitrogens with zero attached hydrogens (tertiary/aromatic N) is 2. The first-order chi connectivity index (χ1) is 15.8. The van der Waals surface area contributed by atoms with Crippen molar-refractivity contribution in [2.75, 3.05) is 11.4 Å². The molecule has 4 rings (SSSR count). The van der Waals surface area contributed by atoms with Crippen molar-refractivity contribution in [3.63, 3.8) is 0 Å². The molecule has 2 N–H and O–H groups in total. The van der Waals surface area contributed by atoms with Crippen molar-refractivity contribution in [1.29, 1.82) is 5.26 Å². The van der Waals surface area contributed by atoms with Crippen LogP contribution in [0.1, 0.15) is 29.0 Å². The molecule has 5 nitrogen and oxygen atoms in total. The van der Waals surface area contributed by atoms with Crippen molar-refractivity contribution in [1.82, 2.24) is 0 Å². The van der Waals surface area contributed by atoms with Gasteiger partial charge >= 0.3 is 0 Å². The number of hydrogen-bond acceptors (Lipinski definition) is 4. The van der Waals surface area contributed by atoms with Crippen molar-refractivity contribution in [3.8, 4) is 17.6 Å². The number of carbonyl (C=O) groups is 1. The minimum Gasteiger partial charge on any atom is -0.454 e. The second-order valence-corrected chi connectivity index (χ2v) is 8.05. The molecule has 33 heavy (non-hydrogen) atoms. The summed E-state index contributed by atoms with van der Waals surface area (Å²) in [5, 5.41) is 9.40. The molecule has 1 fully saturated rings. The summed E-state index contributed by atoms with van der Waals surface area (Å²) >= 11 is 6.24. The van der Waals surface area contributed by atoms with E-state index < -0.39 is 17.2 Å². The van der Waals surface area contributed by atoms with E-state index in [1.165, 1.54) is 0 Å². The van der Waals surface area contributed by atoms with Crippen molar-refractivity contribution in [2.24, 2.45) is 5.73 Å². The van der Waals surface area contributed by atoms with Crippen LogP contribution in [0.15, 0.2) is 61.2 Å². The van der Waals surface area contributed by atoms with Gasteiger partial charge in [0.05, 0.1) is 5.02 Å². The van der Waals surface area contributed by atoms with Gasteiger partial charge in [-0.05, 0) is 35.4 Å². The highest BCUT2D eigenvalue weighted by Crippen LogP contribution is 2.38. The topological polar surface area (TPSA) is 79.3 Å². The molecule has 1 atom stereocenters. The summed E-state index contributed by atoms with van der Waals surface area (Å²) in [5.41, 5.74) is 7.97. The van der Waals surface area contributed by atoms with E-state index >= 15 is 0 Å². The fraction of sp³-hybridized carbons (Fsp3) is 0.120. The molecular weight excluding hydrogens is 448 g/mol. The first-order valence-electron chi connectivity index (χ1n) is 9.98. The van der Waals surface area contributed by atoms with Gasteiger partial charge in [-0.15, -0.1) is 0 Å². The van der Waals surface area contributed by atoms with Crippen molar-refractivity contribution >= 4 is 28.9 Å². The van der Waals surface area contributed by atoms with Crippen LogP contribution < -0.4 is 15.4 Å². The van der Waals surface area contributed by atoms with Gasteiger partial charge in [0.15, 0.2) is 5.75 Å². The van der Waals surface area contributed by atoms with Gasteiger partial charge in [-0.1, -0.05) is 36.4 Å². The Morgan fingerprint density at radius 1 is 1.18 bits per heavy atom. The molecular formula is C25H18ClF2N3O2. The lowest BCUT2D eigenvalue weighted by atomic mass is 9.98. The highest BCUT2D eigenvalue weighted by atomic mass is 35.5. The van der Waals surface area contributed by atoms with Crippen LogP contribution >= 0.6 is 11.6 Å². The summed E-state index contributed by atoms with van der Waals surface area (Å²) in [6, 6.07) is 15.4. The highest BCUT2D eigenvalue weighted by Gasteiger charge is 2.32. The second kappa shape index (κ2) is 8.93. The van der Waals surface area contributed by atoms with E-state index in [1.54, 1.807) is 35.2 Å². The molecule has 3 aromatic rings. The Morgan fingerprint density at radius 2 is 1.97 bits per heavy atom. The van der Waals surface area contributed by atoms with Crippen LogP contribution in [0.2, 0.25) is 5.02 Å². The van der Waals surface area contributed by atoms with E-state index in [9.17, 15) is 18.8 Å². The molecule has 3 aromatic carbocycles. The maximum atomic E-state index is 13.9. The number of anilines is 1. The Morgan fingerprint density at radius 3 is 2.70 bits per heavy atom. The summed E-state index contributed by atoms with van der Waals surface area (Å²) in [6.07, 6.45) is 0.257. The van der Waals surface area contributed by atoms with Crippen LogP contribution in [-0.2, 0) is 4.79 Å². The van der Waals surface area contributed by atoms with E-state index in [-0.39, 0.29) is 34.8 Å². The zero-order valence-electron chi connectivity index (χ0n) is 17.3. The van der Waals surface area contributed by atoms with Crippen LogP contribution in [0.4, 0.5) is 14.5 Å². The Hall–Kier alpha value is -3.89. The third-order valence-corrected chi connectivity index (χ3v) is 5.74. The largest absolute Gasteiger partial charge is 0.454 e. The van der Waals surface area contributed by atoms with Gasteiger partial charge in [0, 0.05) is 42.4 Å². The zero-order chi connectivity index (χ0) is 23.7. The standard InChI is InChI=1S/C25H18ClF2N3O2/c1-14(30)15-3-2-4-19(7-15)31-13-17(9-25(31)32)16-5-6-21(26)24(8-16)33-23-11-18(27)10-22(28)20(23)12-29/h2-8,10-11,17H,1,9,13,30H2/t17-/m0/s1. The third kappa shape index (κ3) is 4.52. The molecule has 1 aliphatic heterocycles. The Bertz CT molecular complexity index is 1320. The molecule has 0 bridgehead atoms. The zero-order valence-corrected chi connectivity index (χ0v) is 18.1. The Labute approximate surface area is 194 Å². The van der Waals surface area contributed by atoms with Gasteiger partial charge < -0.3 is 15.4 Å². The van der Waals surface area contributed by atoms with Crippen LogP contribution in [-0.4, -0.2) is 12.5 Å². The predicted molar refractivity (Wildman–Crippen MR) is 122 cm³/mol. The molecule has 0 radical (unpaired) electrons. The summed E-state index contributed by atoms with van der Waals surface area (Å²) in [4.78, 5) is 14.4. The fourth-order valence-electron chi connectivity index (χ4n) is 3.76. The van der Waals surface area contributed by atoms with Crippen LogP contribution in [0.3, 0.4) is 0 Å². The molecule has 0 aliphatic carbocycles. The number of benzene rings is 3. The second-order valence-electron chi connectivity index (χ2n) is 7.65. The van der Waals surface area contributed by atoms with E-state index in [4.69, 9.17) is 22.1 Å². The number of amides is 1. The number of carbonyl (C=O) groups excluding carboxylic acids is 1. The first-order valence-corrected chi connectivity index (χ1v) is 10.4. The minimum absolute atomic E-state index is 0.0591. The van der Waals surface area contributed by atoms with Gasteiger partial charge in [0.25, 0.3) is 0 Å². The van der Waals surface area contributed by atoms with Gasteiger partial charge in [0.1, 0.15) is 29.0 Å². The van der Waals surface area contributed by atoms with Crippen molar-refractivity contribution < 1.29 is 18.3 Å². The minimum atomic E-state index is -1.03. The normalized spacial score (nSPS) is 15.4. The van der Waals surface area contributed by atoms with E-state index in [2.05, 4.69) is 6.58 Å². The molecule has 1 amide bonds. The quantitative estimate of drug-likeness (QED) is 0.521. The van der Waals surface area contributed by atoms with Crippen molar-refractivity contribution in [2.45, 2.75) is 12.3 Å². The molecule has 0 aromatic heterocycles. The van der Waals surface area contributed by atoms with Crippen LogP contribution in [0.5, 0.6) is 11.5 Å². The molecule has 1 saturated heterocycles. The lowest BCUT2D eigenvalue weighted by Gasteiger charge is -2.18. The fourth-order valence-corrected chi connectivity index (χ4v) is 3.92. The average molecular weight is 466 g/mol. The van der Waals surface area contributed by atoms with E-state index in [1.807, 2.05) is 18.2 Å². The average Bonchev–Trinajstić information content (AvgIpc) is 3.16. The van der Waals surface area contributed by atoms with Gasteiger partial charge in [-0.2, -0.15) is 5.26 Å². The van der Waals surface area contributed by atoms with E-state index in [0.29, 0.717) is 24.0 Å². The number of halogens is 3. The van der Waals surface area contributed by atoms with Gasteiger partial charge in [-0.3, -0.25) is 4.79 Å². The predicted octanol–water partition coefficient (Wildman–Crippen LogP) is 5.73. The lowest BCUT2D eigenvalue weighted by molar-refractivity contribution is -0.117. The number of rotatable bonds is 5. The summed E-state index contributed by atoms with van der Waals surface area (Å²) in [5.74, 6) is -2.29. The van der Waals surface area contributed by atoms with Gasteiger partial charge in [-0.25, -0.2) is 8.78 Å². The smallest absolute Gasteiger partial charge is 0.227 e. The molecule has 8 heteroatoms. The maximum absolute atomic E-state index is 13.9. The summed E-state index contributed by atoms with van der Waals surface area (Å²) in [6.45, 7) is 4.15. The third-order valence-electron chi connectivity index (χ3n) is 5.43. The van der Waals surface area contributed by atoms with Crippen LogP contribution in [0.25, 0.3) is 5.70 Å². The number of hydrogen-bond donors (Lipinski definition) is 1. The van der Waals surface area contributed by atoms with Crippen LogP contribution in [0, 0.1) is 23.0 Å². The molecule has 0 spiro atoms. The highest BCUT2D eigenvalue weighted by molar-refractivity contribution is 6.32.